The quantitative estimate of drug-likeness (QED) is 0.318. The third-order valence-corrected chi connectivity index (χ3v) is 6.20. The van der Waals surface area contributed by atoms with Crippen LogP contribution in [-0.4, -0.2) is 64.5 Å². The summed E-state index contributed by atoms with van der Waals surface area (Å²) in [7, 11) is 0. The van der Waals surface area contributed by atoms with Crippen LogP contribution in [0.5, 0.6) is 5.88 Å². The molecule has 9 nitrogen and oxygen atoms in total. The molecule has 0 atom stereocenters. The lowest BCUT2D eigenvalue weighted by Gasteiger charge is -2.04. The molecule has 0 amide bonds. The Balaban J connectivity index is 0.000000166. The number of fused-ring (bicyclic) bond motifs is 2. The predicted octanol–water partition coefficient (Wildman–Crippen LogP) is 4.34. The topological polar surface area (TPSA) is 95.4 Å². The van der Waals surface area contributed by atoms with E-state index in [0.29, 0.717) is 23.3 Å². The fourth-order valence-electron chi connectivity index (χ4n) is 2.16. The molecule has 4 aromatic rings. The molecule has 0 aromatic carbocycles. The lowest BCUT2D eigenvalue weighted by Crippen LogP contribution is -2.03. The Hall–Kier alpha value is -1.09. The minimum atomic E-state index is 0.516. The van der Waals surface area contributed by atoms with Crippen molar-refractivity contribution in [3.63, 3.8) is 0 Å². The molecule has 0 aliphatic heterocycles. The van der Waals surface area contributed by atoms with Crippen molar-refractivity contribution in [2.24, 2.45) is 0 Å². The highest BCUT2D eigenvalue weighted by Crippen LogP contribution is 2.23. The number of aromatic nitrogens is 8. The van der Waals surface area contributed by atoms with E-state index in [9.17, 15) is 0 Å². The first-order chi connectivity index (χ1) is 14.0. The Morgan fingerprint density at radius 1 is 0.862 bits per heavy atom. The molecule has 0 bridgehead atoms. The molecule has 4 aromatic heterocycles. The SMILES string of the molecule is CCOc1nc(SC)nn2c(Br)cnc12.CSc1nc(SC)c2ncc(Br)n2n1. The maximum absolute atomic E-state index is 5.41. The van der Waals surface area contributed by atoms with Gasteiger partial charge in [0.05, 0.1) is 19.0 Å². The first-order valence-electron chi connectivity index (χ1n) is 8.09. The summed E-state index contributed by atoms with van der Waals surface area (Å²) in [5.41, 5.74) is 1.42. The summed E-state index contributed by atoms with van der Waals surface area (Å²) in [5, 5.41) is 10.9. The highest BCUT2D eigenvalue weighted by Gasteiger charge is 2.12. The van der Waals surface area contributed by atoms with Gasteiger partial charge in [0.1, 0.15) is 14.2 Å². The van der Waals surface area contributed by atoms with Crippen LogP contribution >= 0.6 is 67.1 Å². The molecule has 0 saturated heterocycles. The second-order valence-corrected chi connectivity index (χ2v) is 9.04. The van der Waals surface area contributed by atoms with Crippen LogP contribution in [-0.2, 0) is 0 Å². The zero-order valence-electron chi connectivity index (χ0n) is 15.8. The van der Waals surface area contributed by atoms with Crippen LogP contribution in [0.15, 0.2) is 36.9 Å². The Labute approximate surface area is 196 Å². The van der Waals surface area contributed by atoms with Crippen molar-refractivity contribution in [1.82, 2.24) is 39.2 Å². The normalized spacial score (nSPS) is 11.0. The summed E-state index contributed by atoms with van der Waals surface area (Å²) >= 11 is 11.3. The number of hydrogen-bond donors (Lipinski definition) is 0. The highest BCUT2D eigenvalue weighted by molar-refractivity contribution is 9.10. The van der Waals surface area contributed by atoms with Crippen molar-refractivity contribution in [1.29, 1.82) is 0 Å². The molecular weight excluding hydrogens is 564 g/mol. The minimum absolute atomic E-state index is 0.516. The summed E-state index contributed by atoms with van der Waals surface area (Å²) in [6.07, 6.45) is 9.26. The molecule has 0 saturated carbocycles. The predicted molar refractivity (Wildman–Crippen MR) is 123 cm³/mol. The van der Waals surface area contributed by atoms with E-state index in [2.05, 4.69) is 62.0 Å². The van der Waals surface area contributed by atoms with Crippen LogP contribution < -0.4 is 4.74 Å². The van der Waals surface area contributed by atoms with Crippen molar-refractivity contribution in [2.75, 3.05) is 25.4 Å². The van der Waals surface area contributed by atoms with Crippen molar-refractivity contribution in [2.45, 2.75) is 22.3 Å². The van der Waals surface area contributed by atoms with E-state index in [4.69, 9.17) is 4.74 Å². The van der Waals surface area contributed by atoms with Gasteiger partial charge in [0, 0.05) is 0 Å². The summed E-state index contributed by atoms with van der Waals surface area (Å²) in [5.74, 6) is 0.516. The van der Waals surface area contributed by atoms with Gasteiger partial charge in [0.2, 0.25) is 16.0 Å². The molecule has 0 spiro atoms. The van der Waals surface area contributed by atoms with Crippen molar-refractivity contribution in [3.8, 4) is 5.88 Å². The Bertz CT molecular complexity index is 1140. The maximum atomic E-state index is 5.41. The number of imidazole rings is 2. The van der Waals surface area contributed by atoms with E-state index in [-0.39, 0.29) is 0 Å². The van der Waals surface area contributed by atoms with Gasteiger partial charge in [-0.15, -0.1) is 22.0 Å². The number of halogens is 2. The zero-order valence-corrected chi connectivity index (χ0v) is 21.4. The number of rotatable bonds is 5. The monoisotopic (exact) mass is 578 g/mol. The van der Waals surface area contributed by atoms with Crippen LogP contribution in [0.2, 0.25) is 0 Å². The maximum Gasteiger partial charge on any atom is 0.262 e. The van der Waals surface area contributed by atoms with Gasteiger partial charge in [-0.3, -0.25) is 0 Å². The molecule has 0 aliphatic carbocycles. The molecule has 0 radical (unpaired) electrons. The van der Waals surface area contributed by atoms with Crippen LogP contribution in [0.3, 0.4) is 0 Å². The highest BCUT2D eigenvalue weighted by atomic mass is 79.9. The van der Waals surface area contributed by atoms with Gasteiger partial charge in [-0.25, -0.2) is 19.5 Å². The molecule has 14 heteroatoms. The third-order valence-electron chi connectivity index (χ3n) is 3.38. The average Bonchev–Trinajstić information content (AvgIpc) is 3.31. The van der Waals surface area contributed by atoms with Crippen molar-refractivity contribution < 1.29 is 4.74 Å². The lowest BCUT2D eigenvalue weighted by atomic mass is 10.7. The van der Waals surface area contributed by atoms with E-state index in [1.165, 1.54) is 23.5 Å². The van der Waals surface area contributed by atoms with Crippen LogP contribution in [0.1, 0.15) is 6.92 Å². The number of thioether (sulfide) groups is 3. The zero-order chi connectivity index (χ0) is 21.0. The van der Waals surface area contributed by atoms with Crippen LogP contribution in [0, 0.1) is 0 Å². The summed E-state index contributed by atoms with van der Waals surface area (Å²) < 4.78 is 10.5. The van der Waals surface area contributed by atoms with E-state index in [1.54, 1.807) is 33.2 Å². The molecule has 4 heterocycles. The van der Waals surface area contributed by atoms with E-state index >= 15 is 0 Å². The largest absolute Gasteiger partial charge is 0.475 e. The second-order valence-electron chi connectivity index (χ2n) is 5.08. The molecule has 4 rings (SSSR count). The summed E-state index contributed by atoms with van der Waals surface area (Å²) in [6, 6.07) is 0. The van der Waals surface area contributed by atoms with Gasteiger partial charge in [0.15, 0.2) is 5.65 Å². The van der Waals surface area contributed by atoms with Gasteiger partial charge >= 0.3 is 0 Å². The third kappa shape index (κ3) is 4.98. The Morgan fingerprint density at radius 3 is 1.97 bits per heavy atom. The first kappa shape index (κ1) is 22.6. The number of nitrogens with zero attached hydrogens (tertiary/aromatic N) is 8. The van der Waals surface area contributed by atoms with E-state index in [0.717, 1.165) is 25.0 Å². The summed E-state index contributed by atoms with van der Waals surface area (Å²) in [4.78, 5) is 17.0. The molecule has 0 N–H and O–H groups in total. The molecular formula is C15H16Br2N8OS3. The van der Waals surface area contributed by atoms with E-state index < -0.39 is 0 Å². The molecule has 0 fully saturated rings. The summed E-state index contributed by atoms with van der Waals surface area (Å²) in [6.45, 7) is 2.47. The second kappa shape index (κ2) is 10.3. The van der Waals surface area contributed by atoms with Crippen molar-refractivity contribution in [3.05, 3.63) is 21.6 Å². The van der Waals surface area contributed by atoms with E-state index in [1.807, 2.05) is 25.7 Å². The molecule has 29 heavy (non-hydrogen) atoms. The Morgan fingerprint density at radius 2 is 1.41 bits per heavy atom. The number of hydrogen-bond acceptors (Lipinski definition) is 10. The van der Waals surface area contributed by atoms with Gasteiger partial charge < -0.3 is 4.74 Å². The fraction of sp³-hybridized carbons (Fsp3) is 0.333. The van der Waals surface area contributed by atoms with Gasteiger partial charge in [-0.05, 0) is 57.6 Å². The van der Waals surface area contributed by atoms with Gasteiger partial charge in [-0.1, -0.05) is 23.5 Å². The van der Waals surface area contributed by atoms with Crippen molar-refractivity contribution >= 4 is 78.4 Å². The van der Waals surface area contributed by atoms with Gasteiger partial charge in [-0.2, -0.15) is 9.50 Å². The minimum Gasteiger partial charge on any atom is -0.475 e. The Kier molecular flexibility index (Phi) is 8.01. The average molecular weight is 580 g/mol. The van der Waals surface area contributed by atoms with Crippen LogP contribution in [0.25, 0.3) is 11.3 Å². The smallest absolute Gasteiger partial charge is 0.262 e. The molecule has 0 unspecified atom stereocenters. The molecule has 0 aliphatic rings. The lowest BCUT2D eigenvalue weighted by molar-refractivity contribution is 0.323. The van der Waals surface area contributed by atoms with Gasteiger partial charge in [0.25, 0.3) is 5.88 Å². The first-order valence-corrected chi connectivity index (χ1v) is 13.4. The standard InChI is InChI=1S/C8H9BrN4OS.C7H7BrN4S2/c1-3-14-7-6-10-4-5(9)13(6)12-8(11-7)15-2;1-13-6-5-9-3-4(8)12(5)11-7(10-6)14-2/h4H,3H2,1-2H3;3H,1-2H3. The fourth-order valence-corrected chi connectivity index (χ4v) is 4.10. The molecule has 154 valence electrons. The van der Waals surface area contributed by atoms with Crippen LogP contribution in [0.4, 0.5) is 0 Å². The number of ether oxygens (including phenoxy) is 1.